The Bertz CT molecular complexity index is 1630. The van der Waals surface area contributed by atoms with Gasteiger partial charge in [-0.05, 0) is 18.2 Å². The molecular weight excluding hydrogens is 544 g/mol. The molecule has 0 aromatic carbocycles. The first kappa shape index (κ1) is 25.2. The molecule has 1 fully saturated rings. The monoisotopic (exact) mass is 566 g/mol. The molecule has 5 aromatic rings. The standard InChI is InChI=1S/C26H23ClN6O5S/c27-23-2-1-19(39-23)13-28-24-11-21(30-33(24)26(35)17-4-8-37-16-17)20-15-32(14-18-3-5-29-38-18)25(34)12-22(20)31-6-9-36-10-7-31/h1-5,8,11-12,15-16,28H,6-7,9-10,13-14H2. The Morgan fingerprint density at radius 1 is 1.15 bits per heavy atom. The van der Waals surface area contributed by atoms with Crippen molar-refractivity contribution in [1.82, 2.24) is 19.5 Å². The second kappa shape index (κ2) is 10.9. The minimum Gasteiger partial charge on any atom is -0.472 e. The Morgan fingerprint density at radius 2 is 2.03 bits per heavy atom. The lowest BCUT2D eigenvalue weighted by Gasteiger charge is -2.30. The zero-order chi connectivity index (χ0) is 26.8. The molecule has 39 heavy (non-hydrogen) atoms. The zero-order valence-electron chi connectivity index (χ0n) is 20.6. The Hall–Kier alpha value is -4.13. The number of morpholine rings is 1. The summed E-state index contributed by atoms with van der Waals surface area (Å²) >= 11 is 7.55. The molecule has 1 saturated heterocycles. The number of pyridine rings is 1. The molecular formula is C26H23ClN6O5S. The van der Waals surface area contributed by atoms with E-state index in [-0.39, 0.29) is 18.0 Å². The Morgan fingerprint density at radius 3 is 2.74 bits per heavy atom. The number of hydrogen-bond acceptors (Lipinski definition) is 10. The molecule has 0 unspecified atom stereocenters. The lowest BCUT2D eigenvalue weighted by atomic mass is 10.1. The molecule has 6 rings (SSSR count). The highest BCUT2D eigenvalue weighted by Gasteiger charge is 2.23. The van der Waals surface area contributed by atoms with Gasteiger partial charge in [-0.2, -0.15) is 9.78 Å². The van der Waals surface area contributed by atoms with E-state index in [0.29, 0.717) is 71.3 Å². The van der Waals surface area contributed by atoms with Gasteiger partial charge < -0.3 is 28.5 Å². The molecule has 13 heteroatoms. The van der Waals surface area contributed by atoms with Crippen LogP contribution in [-0.2, 0) is 17.8 Å². The van der Waals surface area contributed by atoms with Crippen LogP contribution in [0.25, 0.3) is 11.3 Å². The third-order valence-electron chi connectivity index (χ3n) is 6.29. The van der Waals surface area contributed by atoms with E-state index < -0.39 is 0 Å². The smallest absolute Gasteiger partial charge is 0.283 e. The molecule has 0 atom stereocenters. The van der Waals surface area contributed by atoms with Crippen LogP contribution < -0.4 is 15.8 Å². The first-order valence-corrected chi connectivity index (χ1v) is 13.4. The molecule has 0 aliphatic carbocycles. The average Bonchev–Trinajstić information content (AvgIpc) is 3.77. The number of aromatic nitrogens is 4. The van der Waals surface area contributed by atoms with Gasteiger partial charge in [0.1, 0.15) is 12.1 Å². The van der Waals surface area contributed by atoms with Crippen LogP contribution in [0, 0.1) is 0 Å². The average molecular weight is 567 g/mol. The summed E-state index contributed by atoms with van der Waals surface area (Å²) < 4.78 is 19.4. The quantitative estimate of drug-likeness (QED) is 0.294. The minimum atomic E-state index is -0.357. The van der Waals surface area contributed by atoms with Gasteiger partial charge in [-0.1, -0.05) is 16.8 Å². The van der Waals surface area contributed by atoms with Gasteiger partial charge in [0.25, 0.3) is 11.5 Å². The number of rotatable bonds is 8. The van der Waals surface area contributed by atoms with Crippen LogP contribution >= 0.6 is 22.9 Å². The first-order chi connectivity index (χ1) is 19.0. The minimum absolute atomic E-state index is 0.196. The second-order valence-electron chi connectivity index (χ2n) is 8.82. The number of nitrogens with one attached hydrogen (secondary N) is 1. The number of thiophene rings is 1. The lowest BCUT2D eigenvalue weighted by Crippen LogP contribution is -2.37. The molecule has 6 heterocycles. The van der Waals surface area contributed by atoms with Gasteiger partial charge in [-0.25, -0.2) is 0 Å². The Kier molecular flexibility index (Phi) is 7.05. The largest absolute Gasteiger partial charge is 0.472 e. The summed E-state index contributed by atoms with van der Waals surface area (Å²) in [5, 5.41) is 11.8. The topological polar surface area (TPSA) is 121 Å². The van der Waals surface area contributed by atoms with Crippen molar-refractivity contribution in [3.63, 3.8) is 0 Å². The Balaban J connectivity index is 1.44. The van der Waals surface area contributed by atoms with E-state index in [1.807, 2.05) is 12.1 Å². The number of furan rings is 1. The molecule has 1 aliphatic heterocycles. The predicted octanol–water partition coefficient (Wildman–Crippen LogP) is 4.19. The summed E-state index contributed by atoms with van der Waals surface area (Å²) in [4.78, 5) is 29.6. The number of carbonyl (C=O) groups excluding carboxylic acids is 1. The van der Waals surface area contributed by atoms with Gasteiger partial charge >= 0.3 is 0 Å². The summed E-state index contributed by atoms with van der Waals surface area (Å²) in [5.74, 6) is 0.672. The third kappa shape index (κ3) is 5.39. The number of ether oxygens (including phenoxy) is 1. The molecule has 1 aliphatic rings. The molecule has 1 N–H and O–H groups in total. The summed E-state index contributed by atoms with van der Waals surface area (Å²) in [6, 6.07) is 10.4. The number of carbonyl (C=O) groups is 1. The zero-order valence-corrected chi connectivity index (χ0v) is 22.2. The molecule has 5 aromatic heterocycles. The SMILES string of the molecule is O=C(c1ccoc1)n1nc(-c2cn(Cc3ccno3)c(=O)cc2N2CCOCC2)cc1NCc1ccc(Cl)s1. The molecule has 0 bridgehead atoms. The summed E-state index contributed by atoms with van der Waals surface area (Å²) in [7, 11) is 0. The summed E-state index contributed by atoms with van der Waals surface area (Å²) in [6.07, 6.45) is 6.09. The van der Waals surface area contributed by atoms with Crippen LogP contribution in [0.5, 0.6) is 0 Å². The van der Waals surface area contributed by atoms with Crippen LogP contribution in [0.15, 0.2) is 75.1 Å². The van der Waals surface area contributed by atoms with E-state index in [9.17, 15) is 9.59 Å². The number of nitrogens with zero attached hydrogens (tertiary/aromatic N) is 5. The maximum atomic E-state index is 13.4. The molecule has 0 saturated carbocycles. The van der Waals surface area contributed by atoms with Gasteiger partial charge in [0.2, 0.25) is 0 Å². The fourth-order valence-electron chi connectivity index (χ4n) is 4.37. The van der Waals surface area contributed by atoms with Crippen molar-refractivity contribution in [2.24, 2.45) is 0 Å². The van der Waals surface area contributed by atoms with Crippen molar-refractivity contribution in [2.75, 3.05) is 36.5 Å². The molecule has 0 spiro atoms. The molecule has 11 nitrogen and oxygen atoms in total. The fraction of sp³-hybridized carbons (Fsp3) is 0.231. The summed E-state index contributed by atoms with van der Waals surface area (Å²) in [5.41, 5.74) is 2.09. The second-order valence-corrected chi connectivity index (χ2v) is 10.6. The lowest BCUT2D eigenvalue weighted by molar-refractivity contribution is 0.0947. The number of halogens is 1. The van der Waals surface area contributed by atoms with Crippen molar-refractivity contribution in [1.29, 1.82) is 0 Å². The van der Waals surface area contributed by atoms with Gasteiger partial charge in [0.05, 0.1) is 60.0 Å². The van der Waals surface area contributed by atoms with E-state index in [1.54, 1.807) is 30.5 Å². The van der Waals surface area contributed by atoms with Crippen molar-refractivity contribution in [2.45, 2.75) is 13.1 Å². The fourth-order valence-corrected chi connectivity index (χ4v) is 5.40. The van der Waals surface area contributed by atoms with Crippen molar-refractivity contribution < 1.29 is 18.5 Å². The third-order valence-corrected chi connectivity index (χ3v) is 7.52. The van der Waals surface area contributed by atoms with Crippen LogP contribution in [0.3, 0.4) is 0 Å². The molecule has 0 radical (unpaired) electrons. The highest BCUT2D eigenvalue weighted by atomic mass is 35.5. The first-order valence-electron chi connectivity index (χ1n) is 12.2. The van der Waals surface area contributed by atoms with Gasteiger partial charge in [-0.15, -0.1) is 11.3 Å². The number of anilines is 2. The maximum absolute atomic E-state index is 13.4. The maximum Gasteiger partial charge on any atom is 0.283 e. The molecule has 0 amide bonds. The van der Waals surface area contributed by atoms with Crippen molar-refractivity contribution in [3.05, 3.63) is 92.2 Å². The van der Waals surface area contributed by atoms with Crippen LogP contribution in [0.2, 0.25) is 4.34 Å². The highest BCUT2D eigenvalue weighted by Crippen LogP contribution is 2.32. The van der Waals surface area contributed by atoms with E-state index in [4.69, 9.17) is 30.4 Å². The van der Waals surface area contributed by atoms with E-state index in [0.717, 1.165) is 4.88 Å². The van der Waals surface area contributed by atoms with E-state index in [2.05, 4.69) is 15.4 Å². The Labute approximate surface area is 231 Å². The number of hydrogen-bond donors (Lipinski definition) is 1. The van der Waals surface area contributed by atoms with Crippen LogP contribution in [-0.4, -0.2) is 51.7 Å². The van der Waals surface area contributed by atoms with Crippen molar-refractivity contribution >= 4 is 40.4 Å². The predicted molar refractivity (Wildman–Crippen MR) is 146 cm³/mol. The van der Waals surface area contributed by atoms with Gasteiger partial charge in [0.15, 0.2) is 5.76 Å². The van der Waals surface area contributed by atoms with Crippen LogP contribution in [0.4, 0.5) is 11.5 Å². The normalized spacial score (nSPS) is 13.6. The van der Waals surface area contributed by atoms with Gasteiger partial charge in [0, 0.05) is 47.9 Å². The van der Waals surface area contributed by atoms with E-state index >= 15 is 0 Å². The van der Waals surface area contributed by atoms with E-state index in [1.165, 1.54) is 39.3 Å². The summed E-state index contributed by atoms with van der Waals surface area (Å²) in [6.45, 7) is 2.99. The molecule has 200 valence electrons. The highest BCUT2D eigenvalue weighted by molar-refractivity contribution is 7.16. The van der Waals surface area contributed by atoms with Crippen LogP contribution in [0.1, 0.15) is 21.0 Å². The van der Waals surface area contributed by atoms with Gasteiger partial charge in [-0.3, -0.25) is 9.59 Å². The van der Waals surface area contributed by atoms with Crippen molar-refractivity contribution in [3.8, 4) is 11.3 Å².